The number of thiol groups is 1. The molecule has 0 spiro atoms. The number of hydrogen-bond donors (Lipinski definition) is 1. The zero-order valence-corrected chi connectivity index (χ0v) is 7.48. The summed E-state index contributed by atoms with van der Waals surface area (Å²) in [7, 11) is 0. The molecular weight excluding hydrogens is 163 g/mol. The third-order valence-corrected chi connectivity index (χ3v) is 2.33. The van der Waals surface area contributed by atoms with Crippen molar-refractivity contribution in [3.63, 3.8) is 0 Å². The molecule has 0 N–H and O–H groups in total. The van der Waals surface area contributed by atoms with Crippen LogP contribution >= 0.6 is 12.6 Å². The second-order valence-electron chi connectivity index (χ2n) is 3.07. The largest absolute Gasteiger partial charge is 0.263 e. The molecule has 0 radical (unpaired) electrons. The number of aromatic nitrogens is 2. The molecule has 0 amide bonds. The summed E-state index contributed by atoms with van der Waals surface area (Å²) < 4.78 is 14.1. The number of rotatable bonds is 2. The minimum Gasteiger partial charge on any atom is -0.263 e. The van der Waals surface area contributed by atoms with Gasteiger partial charge in [0.1, 0.15) is 0 Å². The molecule has 4 heteroatoms. The first kappa shape index (κ1) is 8.59. The van der Waals surface area contributed by atoms with Gasteiger partial charge < -0.3 is 0 Å². The van der Waals surface area contributed by atoms with Crippen molar-refractivity contribution in [1.82, 2.24) is 9.78 Å². The van der Waals surface area contributed by atoms with Crippen molar-refractivity contribution >= 4 is 12.6 Å². The van der Waals surface area contributed by atoms with Crippen molar-refractivity contribution in [1.29, 1.82) is 0 Å². The van der Waals surface area contributed by atoms with Crippen LogP contribution in [0.15, 0.2) is 12.4 Å². The zero-order chi connectivity index (χ0) is 8.48. The van der Waals surface area contributed by atoms with E-state index in [1.807, 2.05) is 13.8 Å². The lowest BCUT2D eigenvalue weighted by Gasteiger charge is -2.22. The van der Waals surface area contributed by atoms with Gasteiger partial charge in [0.15, 0.2) is 5.82 Å². The third-order valence-electron chi connectivity index (χ3n) is 1.56. The topological polar surface area (TPSA) is 17.8 Å². The molecule has 0 bridgehead atoms. The summed E-state index contributed by atoms with van der Waals surface area (Å²) in [6, 6.07) is 0. The Hall–Kier alpha value is -0.510. The molecule has 0 atom stereocenters. The molecule has 0 unspecified atom stereocenters. The molecule has 0 saturated carbocycles. The standard InChI is InChI=1S/C7H11FN2S/c1-7(2,5-11)10-4-6(8)3-9-10/h3-4,11H,5H2,1-2H3. The molecule has 0 aromatic carbocycles. The minimum absolute atomic E-state index is 0.215. The Morgan fingerprint density at radius 3 is 2.73 bits per heavy atom. The first-order valence-electron chi connectivity index (χ1n) is 3.38. The Bertz CT molecular complexity index is 244. The van der Waals surface area contributed by atoms with Crippen molar-refractivity contribution in [2.45, 2.75) is 19.4 Å². The highest BCUT2D eigenvalue weighted by molar-refractivity contribution is 7.80. The van der Waals surface area contributed by atoms with E-state index in [2.05, 4.69) is 17.7 Å². The number of hydrogen-bond acceptors (Lipinski definition) is 2. The van der Waals surface area contributed by atoms with Crippen LogP contribution < -0.4 is 0 Å². The highest BCUT2D eigenvalue weighted by atomic mass is 32.1. The van der Waals surface area contributed by atoms with Gasteiger partial charge in [0.05, 0.1) is 17.9 Å². The molecule has 62 valence electrons. The molecule has 1 aromatic rings. The van der Waals surface area contributed by atoms with Crippen LogP contribution in [0.2, 0.25) is 0 Å². The molecule has 0 fully saturated rings. The van der Waals surface area contributed by atoms with E-state index in [9.17, 15) is 4.39 Å². The molecule has 1 aromatic heterocycles. The smallest absolute Gasteiger partial charge is 0.161 e. The monoisotopic (exact) mass is 174 g/mol. The molecule has 11 heavy (non-hydrogen) atoms. The highest BCUT2D eigenvalue weighted by Crippen LogP contribution is 2.15. The van der Waals surface area contributed by atoms with Gasteiger partial charge in [-0.1, -0.05) is 0 Å². The van der Waals surface area contributed by atoms with Gasteiger partial charge in [-0.3, -0.25) is 4.68 Å². The van der Waals surface area contributed by atoms with Gasteiger partial charge in [-0.05, 0) is 13.8 Å². The molecule has 2 nitrogen and oxygen atoms in total. The lowest BCUT2D eigenvalue weighted by atomic mass is 10.1. The molecule has 0 aliphatic carbocycles. The van der Waals surface area contributed by atoms with Gasteiger partial charge in [-0.15, -0.1) is 0 Å². The SMILES string of the molecule is CC(C)(CS)n1cc(F)cn1. The fourth-order valence-corrected chi connectivity index (χ4v) is 0.849. The summed E-state index contributed by atoms with van der Waals surface area (Å²) in [5, 5.41) is 3.85. The Labute approximate surface area is 70.8 Å². The minimum atomic E-state index is -0.306. The van der Waals surface area contributed by atoms with Crippen molar-refractivity contribution in [3.8, 4) is 0 Å². The molecular formula is C7H11FN2S. The Morgan fingerprint density at radius 2 is 2.36 bits per heavy atom. The normalized spacial score (nSPS) is 12.0. The molecule has 0 aliphatic heterocycles. The van der Waals surface area contributed by atoms with E-state index >= 15 is 0 Å². The fourth-order valence-electron chi connectivity index (χ4n) is 0.704. The summed E-state index contributed by atoms with van der Waals surface area (Å²) >= 11 is 4.14. The number of nitrogens with zero attached hydrogens (tertiary/aromatic N) is 2. The fraction of sp³-hybridized carbons (Fsp3) is 0.571. The van der Waals surface area contributed by atoms with Crippen LogP contribution in [0.3, 0.4) is 0 Å². The van der Waals surface area contributed by atoms with Gasteiger partial charge in [0, 0.05) is 5.75 Å². The second-order valence-corrected chi connectivity index (χ2v) is 3.39. The summed E-state index contributed by atoms with van der Waals surface area (Å²) in [6.07, 6.45) is 2.57. The van der Waals surface area contributed by atoms with Crippen molar-refractivity contribution in [3.05, 3.63) is 18.2 Å². The maximum Gasteiger partial charge on any atom is 0.161 e. The van der Waals surface area contributed by atoms with Gasteiger partial charge in [0.25, 0.3) is 0 Å². The molecule has 1 heterocycles. The van der Waals surface area contributed by atoms with Gasteiger partial charge in [-0.25, -0.2) is 4.39 Å². The average Bonchev–Trinajstić information content (AvgIpc) is 2.36. The third kappa shape index (κ3) is 1.74. The predicted molar refractivity (Wildman–Crippen MR) is 45.4 cm³/mol. The van der Waals surface area contributed by atoms with Gasteiger partial charge in [0.2, 0.25) is 0 Å². The predicted octanol–water partition coefficient (Wildman–Crippen LogP) is 1.69. The lowest BCUT2D eigenvalue weighted by molar-refractivity contribution is 0.363. The van der Waals surface area contributed by atoms with Crippen molar-refractivity contribution < 1.29 is 4.39 Å². The van der Waals surface area contributed by atoms with E-state index in [0.717, 1.165) is 0 Å². The summed E-state index contributed by atoms with van der Waals surface area (Å²) in [5.74, 6) is 0.327. The van der Waals surface area contributed by atoms with Crippen molar-refractivity contribution in [2.24, 2.45) is 0 Å². The van der Waals surface area contributed by atoms with E-state index in [4.69, 9.17) is 0 Å². The van der Waals surface area contributed by atoms with Crippen LogP contribution in [0.1, 0.15) is 13.8 Å². The van der Waals surface area contributed by atoms with E-state index < -0.39 is 0 Å². The van der Waals surface area contributed by atoms with E-state index in [-0.39, 0.29) is 11.4 Å². The Kier molecular flexibility index (Phi) is 2.23. The van der Waals surface area contributed by atoms with Crippen LogP contribution in [-0.2, 0) is 5.54 Å². The van der Waals surface area contributed by atoms with Crippen molar-refractivity contribution in [2.75, 3.05) is 5.75 Å². The molecule has 0 aliphatic rings. The van der Waals surface area contributed by atoms with Crippen LogP contribution in [-0.4, -0.2) is 15.5 Å². The summed E-state index contributed by atoms with van der Waals surface area (Å²) in [6.45, 7) is 3.90. The first-order chi connectivity index (χ1) is 5.06. The molecule has 0 saturated heterocycles. The van der Waals surface area contributed by atoms with Gasteiger partial charge in [-0.2, -0.15) is 17.7 Å². The van der Waals surface area contributed by atoms with Crippen LogP contribution in [0.4, 0.5) is 4.39 Å². The quantitative estimate of drug-likeness (QED) is 0.675. The molecule has 1 rings (SSSR count). The number of halogens is 1. The maximum atomic E-state index is 12.5. The first-order valence-corrected chi connectivity index (χ1v) is 4.01. The van der Waals surface area contributed by atoms with Crippen LogP contribution in [0.25, 0.3) is 0 Å². The summed E-state index contributed by atoms with van der Waals surface area (Å²) in [4.78, 5) is 0. The van der Waals surface area contributed by atoms with Gasteiger partial charge >= 0.3 is 0 Å². The average molecular weight is 174 g/mol. The highest BCUT2D eigenvalue weighted by Gasteiger charge is 2.18. The summed E-state index contributed by atoms with van der Waals surface area (Å²) in [5.41, 5.74) is -0.215. The van der Waals surface area contributed by atoms with E-state index in [0.29, 0.717) is 5.75 Å². The maximum absolute atomic E-state index is 12.5. The second kappa shape index (κ2) is 2.85. The van der Waals surface area contributed by atoms with Crippen LogP contribution in [0.5, 0.6) is 0 Å². The van der Waals surface area contributed by atoms with Crippen LogP contribution in [0, 0.1) is 5.82 Å². The zero-order valence-electron chi connectivity index (χ0n) is 6.58. The lowest BCUT2D eigenvalue weighted by Crippen LogP contribution is -2.28. The van der Waals surface area contributed by atoms with E-state index in [1.54, 1.807) is 4.68 Å². The van der Waals surface area contributed by atoms with E-state index in [1.165, 1.54) is 12.4 Å². The Morgan fingerprint density at radius 1 is 1.73 bits per heavy atom. The Balaban J connectivity index is 2.92.